The van der Waals surface area contributed by atoms with Gasteiger partial charge in [0.2, 0.25) is 11.7 Å². The molecule has 2 aliphatic rings. The lowest BCUT2D eigenvalue weighted by molar-refractivity contribution is 0.0273. The van der Waals surface area contributed by atoms with E-state index in [1.807, 2.05) is 0 Å². The van der Waals surface area contributed by atoms with E-state index in [4.69, 9.17) is 15.0 Å². The first kappa shape index (κ1) is 15.0. The SMILES string of the molecule is COC(c1noc(C2CCCCC2N)n1)C1CCCCC1. The topological polar surface area (TPSA) is 74.2 Å². The molecule has 0 radical (unpaired) electrons. The molecule has 5 nitrogen and oxygen atoms in total. The molecule has 0 aliphatic heterocycles. The maximum atomic E-state index is 6.21. The number of aromatic nitrogens is 2. The zero-order valence-corrected chi connectivity index (χ0v) is 13.0. The van der Waals surface area contributed by atoms with Gasteiger partial charge in [0, 0.05) is 13.2 Å². The summed E-state index contributed by atoms with van der Waals surface area (Å²) in [5.41, 5.74) is 6.21. The third-order valence-corrected chi connectivity index (χ3v) is 5.18. The first-order chi connectivity index (χ1) is 10.3. The number of methoxy groups -OCH3 is 1. The molecule has 3 rings (SSSR count). The van der Waals surface area contributed by atoms with E-state index in [-0.39, 0.29) is 18.1 Å². The molecule has 3 atom stereocenters. The Morgan fingerprint density at radius 3 is 2.52 bits per heavy atom. The van der Waals surface area contributed by atoms with Crippen molar-refractivity contribution < 1.29 is 9.26 Å². The normalized spacial score (nSPS) is 29.4. The van der Waals surface area contributed by atoms with E-state index >= 15 is 0 Å². The molecular weight excluding hydrogens is 266 g/mol. The van der Waals surface area contributed by atoms with E-state index in [0.29, 0.717) is 5.92 Å². The number of nitrogens with zero attached hydrogens (tertiary/aromatic N) is 2. The van der Waals surface area contributed by atoms with E-state index in [0.717, 1.165) is 24.6 Å². The first-order valence-corrected chi connectivity index (χ1v) is 8.41. The summed E-state index contributed by atoms with van der Waals surface area (Å²) < 4.78 is 11.2. The Labute approximate surface area is 126 Å². The van der Waals surface area contributed by atoms with Gasteiger partial charge in [-0.25, -0.2) is 0 Å². The molecule has 3 unspecified atom stereocenters. The van der Waals surface area contributed by atoms with E-state index in [9.17, 15) is 0 Å². The highest BCUT2D eigenvalue weighted by Gasteiger charge is 2.32. The Morgan fingerprint density at radius 1 is 1.10 bits per heavy atom. The molecule has 2 aliphatic carbocycles. The van der Waals surface area contributed by atoms with Crippen molar-refractivity contribution in [2.75, 3.05) is 7.11 Å². The van der Waals surface area contributed by atoms with Crippen LogP contribution in [-0.4, -0.2) is 23.3 Å². The molecule has 0 spiro atoms. The van der Waals surface area contributed by atoms with Crippen LogP contribution in [0.3, 0.4) is 0 Å². The molecule has 1 aromatic rings. The van der Waals surface area contributed by atoms with Gasteiger partial charge in [0.05, 0.1) is 5.92 Å². The maximum absolute atomic E-state index is 6.21. The number of hydrogen-bond acceptors (Lipinski definition) is 5. The summed E-state index contributed by atoms with van der Waals surface area (Å²) in [5.74, 6) is 2.19. The van der Waals surface area contributed by atoms with Gasteiger partial charge in [-0.1, -0.05) is 37.3 Å². The minimum absolute atomic E-state index is 0.0254. The van der Waals surface area contributed by atoms with Crippen LogP contribution in [0, 0.1) is 5.92 Å². The second kappa shape index (κ2) is 6.88. The molecule has 0 saturated heterocycles. The second-order valence-electron chi connectivity index (χ2n) is 6.60. The summed E-state index contributed by atoms with van der Waals surface area (Å²) in [6.45, 7) is 0. The van der Waals surface area contributed by atoms with Gasteiger partial charge < -0.3 is 15.0 Å². The Kier molecular flexibility index (Phi) is 4.91. The van der Waals surface area contributed by atoms with E-state index in [1.54, 1.807) is 7.11 Å². The maximum Gasteiger partial charge on any atom is 0.231 e. The first-order valence-electron chi connectivity index (χ1n) is 8.41. The molecule has 2 N–H and O–H groups in total. The molecule has 1 heterocycles. The molecule has 118 valence electrons. The Balaban J connectivity index is 1.73. The molecule has 0 bridgehead atoms. The van der Waals surface area contributed by atoms with Crippen LogP contribution in [0.4, 0.5) is 0 Å². The average molecular weight is 293 g/mol. The van der Waals surface area contributed by atoms with Crippen molar-refractivity contribution >= 4 is 0 Å². The summed E-state index contributed by atoms with van der Waals surface area (Å²) in [6, 6.07) is 0.155. The molecule has 1 aromatic heterocycles. The molecular formula is C16H27N3O2. The van der Waals surface area contributed by atoms with Gasteiger partial charge in [0.1, 0.15) is 6.10 Å². The summed E-state index contributed by atoms with van der Waals surface area (Å²) in [5, 5.41) is 4.21. The number of ether oxygens (including phenoxy) is 1. The van der Waals surface area contributed by atoms with Crippen molar-refractivity contribution in [1.29, 1.82) is 0 Å². The van der Waals surface area contributed by atoms with Crippen molar-refractivity contribution in [3.8, 4) is 0 Å². The van der Waals surface area contributed by atoms with Crippen LogP contribution < -0.4 is 5.73 Å². The summed E-state index contributed by atoms with van der Waals surface area (Å²) >= 11 is 0. The minimum Gasteiger partial charge on any atom is -0.373 e. The number of hydrogen-bond donors (Lipinski definition) is 1. The minimum atomic E-state index is -0.0254. The molecule has 21 heavy (non-hydrogen) atoms. The highest BCUT2D eigenvalue weighted by Crippen LogP contribution is 2.37. The molecule has 2 saturated carbocycles. The van der Waals surface area contributed by atoms with Gasteiger partial charge in [0.25, 0.3) is 0 Å². The predicted molar refractivity (Wildman–Crippen MR) is 79.8 cm³/mol. The Bertz CT molecular complexity index is 442. The zero-order valence-electron chi connectivity index (χ0n) is 13.0. The van der Waals surface area contributed by atoms with Crippen LogP contribution in [-0.2, 0) is 4.74 Å². The number of nitrogens with two attached hydrogens (primary N) is 1. The van der Waals surface area contributed by atoms with Crippen LogP contribution >= 0.6 is 0 Å². The highest BCUT2D eigenvalue weighted by atomic mass is 16.5. The Morgan fingerprint density at radius 2 is 1.81 bits per heavy atom. The quantitative estimate of drug-likeness (QED) is 0.921. The van der Waals surface area contributed by atoms with E-state index < -0.39 is 0 Å². The summed E-state index contributed by atoms with van der Waals surface area (Å²) in [4.78, 5) is 4.65. The largest absolute Gasteiger partial charge is 0.373 e. The lowest BCUT2D eigenvalue weighted by Gasteiger charge is -2.27. The molecule has 0 amide bonds. The summed E-state index contributed by atoms with van der Waals surface area (Å²) in [7, 11) is 1.75. The van der Waals surface area contributed by atoms with Crippen LogP contribution in [0.15, 0.2) is 4.52 Å². The third kappa shape index (κ3) is 3.29. The third-order valence-electron chi connectivity index (χ3n) is 5.18. The van der Waals surface area contributed by atoms with Crippen molar-refractivity contribution in [2.24, 2.45) is 11.7 Å². The second-order valence-corrected chi connectivity index (χ2v) is 6.60. The van der Waals surface area contributed by atoms with E-state index in [2.05, 4.69) is 10.1 Å². The lowest BCUT2D eigenvalue weighted by Crippen LogP contribution is -2.31. The monoisotopic (exact) mass is 293 g/mol. The van der Waals surface area contributed by atoms with Crippen LogP contribution in [0.1, 0.15) is 81.5 Å². The predicted octanol–water partition coefficient (Wildman–Crippen LogP) is 3.32. The summed E-state index contributed by atoms with van der Waals surface area (Å²) in [6.07, 6.45) is 10.8. The van der Waals surface area contributed by atoms with Gasteiger partial charge in [-0.3, -0.25) is 0 Å². The van der Waals surface area contributed by atoms with Gasteiger partial charge in [-0.15, -0.1) is 0 Å². The molecule has 5 heteroatoms. The van der Waals surface area contributed by atoms with Gasteiger partial charge in [0.15, 0.2) is 0 Å². The van der Waals surface area contributed by atoms with Crippen molar-refractivity contribution in [1.82, 2.24) is 10.1 Å². The molecule has 2 fully saturated rings. The zero-order chi connectivity index (χ0) is 14.7. The lowest BCUT2D eigenvalue weighted by atomic mass is 9.84. The fourth-order valence-electron chi connectivity index (χ4n) is 3.93. The van der Waals surface area contributed by atoms with Crippen LogP contribution in [0.2, 0.25) is 0 Å². The fraction of sp³-hybridized carbons (Fsp3) is 0.875. The highest BCUT2D eigenvalue weighted by molar-refractivity contribution is 5.03. The van der Waals surface area contributed by atoms with Crippen molar-refractivity contribution in [3.05, 3.63) is 11.7 Å². The van der Waals surface area contributed by atoms with Gasteiger partial charge in [-0.2, -0.15) is 4.98 Å². The van der Waals surface area contributed by atoms with Crippen LogP contribution in [0.25, 0.3) is 0 Å². The standard InChI is InChI=1S/C16H27N3O2/c1-20-14(11-7-3-2-4-8-11)15-18-16(21-19-15)12-9-5-6-10-13(12)17/h11-14H,2-10,17H2,1H3. The molecule has 0 aromatic carbocycles. The average Bonchev–Trinajstić information content (AvgIpc) is 2.99. The van der Waals surface area contributed by atoms with E-state index in [1.165, 1.54) is 44.9 Å². The number of rotatable bonds is 4. The Hall–Kier alpha value is -0.940. The van der Waals surface area contributed by atoms with Crippen molar-refractivity contribution in [2.45, 2.75) is 75.9 Å². The van der Waals surface area contributed by atoms with Crippen molar-refractivity contribution in [3.63, 3.8) is 0 Å². The smallest absolute Gasteiger partial charge is 0.231 e. The van der Waals surface area contributed by atoms with Crippen LogP contribution in [0.5, 0.6) is 0 Å². The van der Waals surface area contributed by atoms with Gasteiger partial charge in [-0.05, 0) is 31.6 Å². The fourth-order valence-corrected chi connectivity index (χ4v) is 3.93. The van der Waals surface area contributed by atoms with Gasteiger partial charge >= 0.3 is 0 Å².